The van der Waals surface area contributed by atoms with Gasteiger partial charge in [0.05, 0.1) is 23.9 Å². The molecular weight excluding hydrogens is 276 g/mol. The Hall–Kier alpha value is -1.85. The van der Waals surface area contributed by atoms with Gasteiger partial charge in [0, 0.05) is 0 Å². The van der Waals surface area contributed by atoms with Crippen LogP contribution in [0.25, 0.3) is 0 Å². The van der Waals surface area contributed by atoms with Crippen molar-refractivity contribution in [3.63, 3.8) is 0 Å². The van der Waals surface area contributed by atoms with Crippen LogP contribution in [-0.4, -0.2) is 26.4 Å². The first-order valence-electron chi connectivity index (χ1n) is 6.13. The van der Waals surface area contributed by atoms with Crippen molar-refractivity contribution in [2.24, 2.45) is 0 Å². The van der Waals surface area contributed by atoms with Crippen LogP contribution in [0.15, 0.2) is 59.5 Å². The molecule has 4 nitrogen and oxygen atoms in total. The molecule has 0 aliphatic rings. The van der Waals surface area contributed by atoms with Gasteiger partial charge in [-0.3, -0.25) is 0 Å². The van der Waals surface area contributed by atoms with Crippen LogP contribution in [0.3, 0.4) is 0 Å². The lowest BCUT2D eigenvalue weighted by Crippen LogP contribution is -2.14. The van der Waals surface area contributed by atoms with Crippen LogP contribution < -0.4 is 4.74 Å². The maximum atomic E-state index is 12.2. The first-order valence-corrected chi connectivity index (χ1v) is 7.78. The molecule has 20 heavy (non-hydrogen) atoms. The van der Waals surface area contributed by atoms with Gasteiger partial charge in [-0.2, -0.15) is 0 Å². The van der Waals surface area contributed by atoms with E-state index in [4.69, 9.17) is 4.74 Å². The molecule has 0 unspecified atom stereocenters. The van der Waals surface area contributed by atoms with Crippen LogP contribution in [0.2, 0.25) is 0 Å². The lowest BCUT2D eigenvalue weighted by molar-refractivity contribution is 0.201. The quantitative estimate of drug-likeness (QED) is 0.917. The Bertz CT molecular complexity index is 648. The van der Waals surface area contributed by atoms with Crippen molar-refractivity contribution in [3.8, 4) is 5.75 Å². The smallest absolute Gasteiger partial charge is 0.181 e. The van der Waals surface area contributed by atoms with Crippen molar-refractivity contribution in [3.05, 3.63) is 60.2 Å². The number of rotatable bonds is 5. The third-order valence-electron chi connectivity index (χ3n) is 2.98. The van der Waals surface area contributed by atoms with Crippen LogP contribution in [-0.2, 0) is 9.84 Å². The molecule has 0 aromatic heterocycles. The number of benzene rings is 2. The first kappa shape index (κ1) is 14.6. The summed E-state index contributed by atoms with van der Waals surface area (Å²) in [5.41, 5.74) is 0.547. The molecule has 106 valence electrons. The van der Waals surface area contributed by atoms with Gasteiger partial charge >= 0.3 is 0 Å². The highest BCUT2D eigenvalue weighted by Gasteiger charge is 2.20. The summed E-state index contributed by atoms with van der Waals surface area (Å²) in [6.07, 6.45) is -1.06. The van der Waals surface area contributed by atoms with Crippen LogP contribution >= 0.6 is 0 Å². The van der Waals surface area contributed by atoms with Crippen molar-refractivity contribution in [2.75, 3.05) is 12.9 Å². The number of hydrogen-bond donors (Lipinski definition) is 1. The fourth-order valence-electron chi connectivity index (χ4n) is 1.85. The summed E-state index contributed by atoms with van der Waals surface area (Å²) in [7, 11) is -1.96. The molecule has 0 aliphatic heterocycles. The van der Waals surface area contributed by atoms with Crippen LogP contribution in [0, 0.1) is 0 Å². The van der Waals surface area contributed by atoms with Gasteiger partial charge in [-0.1, -0.05) is 30.3 Å². The van der Waals surface area contributed by atoms with Crippen LogP contribution in [0.5, 0.6) is 5.75 Å². The average molecular weight is 292 g/mol. The summed E-state index contributed by atoms with van der Waals surface area (Å²) >= 11 is 0. The number of hydrogen-bond acceptors (Lipinski definition) is 4. The summed E-state index contributed by atoms with van der Waals surface area (Å²) < 4.78 is 29.3. The van der Waals surface area contributed by atoms with Gasteiger partial charge in [0.25, 0.3) is 0 Å². The molecule has 0 aliphatic carbocycles. The van der Waals surface area contributed by atoms with Gasteiger partial charge in [0.15, 0.2) is 9.84 Å². The Balaban J connectivity index is 2.16. The molecular formula is C15H16O4S. The molecule has 0 radical (unpaired) electrons. The topological polar surface area (TPSA) is 63.6 Å². The van der Waals surface area contributed by atoms with E-state index < -0.39 is 15.9 Å². The summed E-state index contributed by atoms with van der Waals surface area (Å²) in [6.45, 7) is 0. The molecule has 0 amide bonds. The second-order valence-corrected chi connectivity index (χ2v) is 6.42. The maximum Gasteiger partial charge on any atom is 0.181 e. The summed E-state index contributed by atoms with van der Waals surface area (Å²) in [6, 6.07) is 14.8. The number of aliphatic hydroxyl groups is 1. The molecule has 0 heterocycles. The van der Waals surface area contributed by atoms with Gasteiger partial charge in [0.2, 0.25) is 0 Å². The largest absolute Gasteiger partial charge is 0.497 e. The fraction of sp³-hybridized carbons (Fsp3) is 0.200. The van der Waals surface area contributed by atoms with E-state index in [1.54, 1.807) is 49.6 Å². The number of ether oxygens (including phenoxy) is 1. The SMILES string of the molecule is COc1ccc([C@H](O)CS(=O)(=O)c2ccccc2)cc1. The molecule has 0 bridgehead atoms. The highest BCUT2D eigenvalue weighted by atomic mass is 32.2. The van der Waals surface area contributed by atoms with Crippen molar-refractivity contribution >= 4 is 9.84 Å². The zero-order chi connectivity index (χ0) is 14.6. The molecule has 2 aromatic carbocycles. The minimum atomic E-state index is -3.50. The Kier molecular flexibility index (Phi) is 4.42. The predicted molar refractivity (Wildman–Crippen MR) is 76.4 cm³/mol. The average Bonchev–Trinajstić information content (AvgIpc) is 2.48. The van der Waals surface area contributed by atoms with E-state index in [0.717, 1.165) is 0 Å². The van der Waals surface area contributed by atoms with E-state index in [1.165, 1.54) is 12.1 Å². The molecule has 1 N–H and O–H groups in total. The lowest BCUT2D eigenvalue weighted by Gasteiger charge is -2.12. The van der Waals surface area contributed by atoms with E-state index in [9.17, 15) is 13.5 Å². The zero-order valence-corrected chi connectivity index (χ0v) is 11.9. The zero-order valence-electron chi connectivity index (χ0n) is 11.1. The van der Waals surface area contributed by atoms with E-state index in [1.807, 2.05) is 0 Å². The minimum Gasteiger partial charge on any atom is -0.497 e. The highest BCUT2D eigenvalue weighted by molar-refractivity contribution is 7.91. The standard InChI is InChI=1S/C15H16O4S/c1-19-13-9-7-12(8-10-13)15(16)11-20(17,18)14-5-3-2-4-6-14/h2-10,15-16H,11H2,1H3/t15-/m1/s1. The van der Waals surface area contributed by atoms with Gasteiger partial charge < -0.3 is 9.84 Å². The molecule has 2 aromatic rings. The van der Waals surface area contributed by atoms with Crippen LogP contribution in [0.4, 0.5) is 0 Å². The Morgan fingerprint density at radius 1 is 1.05 bits per heavy atom. The second-order valence-electron chi connectivity index (χ2n) is 4.38. The van der Waals surface area contributed by atoms with E-state index in [0.29, 0.717) is 11.3 Å². The second kappa shape index (κ2) is 6.07. The molecule has 0 spiro atoms. The van der Waals surface area contributed by atoms with Crippen molar-refractivity contribution in [1.29, 1.82) is 0 Å². The van der Waals surface area contributed by atoms with Crippen molar-refractivity contribution in [2.45, 2.75) is 11.0 Å². The summed E-state index contributed by atoms with van der Waals surface area (Å²) in [5, 5.41) is 10.1. The van der Waals surface area contributed by atoms with E-state index in [2.05, 4.69) is 0 Å². The van der Waals surface area contributed by atoms with Crippen molar-refractivity contribution < 1.29 is 18.3 Å². The maximum absolute atomic E-state index is 12.2. The summed E-state index contributed by atoms with van der Waals surface area (Å²) in [4.78, 5) is 0.215. The van der Waals surface area contributed by atoms with E-state index in [-0.39, 0.29) is 10.6 Å². The molecule has 2 rings (SSSR count). The first-order chi connectivity index (χ1) is 9.53. The minimum absolute atomic E-state index is 0.215. The molecule has 5 heteroatoms. The third-order valence-corrected chi connectivity index (χ3v) is 4.73. The van der Waals surface area contributed by atoms with Gasteiger partial charge in [-0.25, -0.2) is 8.42 Å². The van der Waals surface area contributed by atoms with Crippen LogP contribution in [0.1, 0.15) is 11.7 Å². The molecule has 1 atom stereocenters. The van der Waals surface area contributed by atoms with Gasteiger partial charge in [0.1, 0.15) is 5.75 Å². The van der Waals surface area contributed by atoms with E-state index >= 15 is 0 Å². The molecule has 0 saturated heterocycles. The number of aliphatic hydroxyl groups excluding tert-OH is 1. The molecule has 0 saturated carbocycles. The summed E-state index contributed by atoms with van der Waals surface area (Å²) in [5.74, 6) is 0.315. The van der Waals surface area contributed by atoms with Gasteiger partial charge in [-0.05, 0) is 29.8 Å². The fourth-order valence-corrected chi connectivity index (χ4v) is 3.23. The normalized spacial score (nSPS) is 12.9. The number of methoxy groups -OCH3 is 1. The van der Waals surface area contributed by atoms with Crippen molar-refractivity contribution in [1.82, 2.24) is 0 Å². The lowest BCUT2D eigenvalue weighted by atomic mass is 10.1. The number of sulfone groups is 1. The highest BCUT2D eigenvalue weighted by Crippen LogP contribution is 2.21. The monoisotopic (exact) mass is 292 g/mol. The predicted octanol–water partition coefficient (Wildman–Crippen LogP) is 2.20. The molecule has 0 fully saturated rings. The Morgan fingerprint density at radius 2 is 1.65 bits per heavy atom. The van der Waals surface area contributed by atoms with Gasteiger partial charge in [-0.15, -0.1) is 0 Å². The Morgan fingerprint density at radius 3 is 2.20 bits per heavy atom. The third kappa shape index (κ3) is 3.37. The Labute approximate surface area is 118 Å².